The molecule has 21 heavy (non-hydrogen) atoms. The molecule has 110 valence electrons. The average Bonchev–Trinajstić information content (AvgIpc) is 3.01. The maximum atomic E-state index is 4.64. The number of aromatic nitrogens is 3. The van der Waals surface area contributed by atoms with Crippen LogP contribution in [0.5, 0.6) is 0 Å². The molecule has 0 aliphatic rings. The van der Waals surface area contributed by atoms with Gasteiger partial charge in [-0.15, -0.1) is 11.3 Å². The second-order valence-electron chi connectivity index (χ2n) is 6.25. The predicted octanol–water partition coefficient (Wildman–Crippen LogP) is 4.01. The summed E-state index contributed by atoms with van der Waals surface area (Å²) in [5.74, 6) is 0.881. The van der Waals surface area contributed by atoms with E-state index in [2.05, 4.69) is 61.3 Å². The summed E-state index contributed by atoms with van der Waals surface area (Å²) in [6.07, 6.45) is 3.68. The molecule has 1 N–H and O–H groups in total. The normalized spacial score (nSPS) is 12.0. The maximum absolute atomic E-state index is 4.64. The van der Waals surface area contributed by atoms with E-state index in [0.29, 0.717) is 0 Å². The molecule has 0 aliphatic carbocycles. The Morgan fingerprint density at radius 3 is 2.76 bits per heavy atom. The van der Waals surface area contributed by atoms with Gasteiger partial charge in [0.2, 0.25) is 0 Å². The minimum absolute atomic E-state index is 0.0359. The van der Waals surface area contributed by atoms with Crippen LogP contribution in [0.4, 0.5) is 5.82 Å². The number of hydrogen-bond donors (Lipinski definition) is 1. The van der Waals surface area contributed by atoms with Crippen LogP contribution in [0.1, 0.15) is 36.2 Å². The molecule has 3 aromatic rings. The summed E-state index contributed by atoms with van der Waals surface area (Å²) in [7, 11) is 0. The molecule has 0 aromatic carbocycles. The summed E-state index contributed by atoms with van der Waals surface area (Å²) in [4.78, 5) is 7.10. The zero-order valence-electron chi connectivity index (χ0n) is 12.8. The largest absolute Gasteiger partial charge is 0.363 e. The van der Waals surface area contributed by atoms with Crippen LogP contribution in [0.25, 0.3) is 5.52 Å². The van der Waals surface area contributed by atoms with Crippen molar-refractivity contribution in [1.29, 1.82) is 0 Å². The lowest BCUT2D eigenvalue weighted by atomic mass is 9.92. The number of fused-ring (bicyclic) bond motifs is 1. The number of nitrogens with one attached hydrogen (secondary N) is 1. The van der Waals surface area contributed by atoms with Gasteiger partial charge >= 0.3 is 0 Å². The zero-order valence-corrected chi connectivity index (χ0v) is 13.7. The maximum Gasteiger partial charge on any atom is 0.152 e. The lowest BCUT2D eigenvalue weighted by molar-refractivity contribution is 0.562. The molecule has 0 aliphatic heterocycles. The first kappa shape index (κ1) is 14.1. The Balaban J connectivity index is 1.89. The van der Waals surface area contributed by atoms with Gasteiger partial charge in [-0.1, -0.05) is 20.8 Å². The smallest absolute Gasteiger partial charge is 0.152 e. The van der Waals surface area contributed by atoms with Crippen LogP contribution in [0, 0.1) is 6.92 Å². The highest BCUT2D eigenvalue weighted by Crippen LogP contribution is 2.25. The van der Waals surface area contributed by atoms with Crippen LogP contribution in [-0.4, -0.2) is 14.6 Å². The van der Waals surface area contributed by atoms with Gasteiger partial charge in [0.1, 0.15) is 5.52 Å². The van der Waals surface area contributed by atoms with Gasteiger partial charge in [0.15, 0.2) is 5.82 Å². The Morgan fingerprint density at radius 2 is 2.10 bits per heavy atom. The van der Waals surface area contributed by atoms with E-state index in [9.17, 15) is 0 Å². The zero-order chi connectivity index (χ0) is 15.0. The Labute approximate surface area is 128 Å². The molecule has 0 unspecified atom stereocenters. The van der Waals surface area contributed by atoms with Crippen molar-refractivity contribution in [3.63, 3.8) is 0 Å². The summed E-state index contributed by atoms with van der Waals surface area (Å²) in [5.41, 5.74) is 2.13. The van der Waals surface area contributed by atoms with Crippen molar-refractivity contribution in [2.45, 2.75) is 39.7 Å². The molecule has 3 aromatic heterocycles. The van der Waals surface area contributed by atoms with Gasteiger partial charge in [-0.25, -0.2) is 9.50 Å². The van der Waals surface area contributed by atoms with E-state index >= 15 is 0 Å². The molecule has 0 atom stereocenters. The quantitative estimate of drug-likeness (QED) is 0.794. The fourth-order valence-corrected chi connectivity index (χ4v) is 3.01. The number of rotatable bonds is 3. The van der Waals surface area contributed by atoms with E-state index in [1.807, 2.05) is 22.0 Å². The van der Waals surface area contributed by atoms with Crippen LogP contribution >= 0.6 is 11.3 Å². The van der Waals surface area contributed by atoms with Crippen molar-refractivity contribution in [3.05, 3.63) is 46.0 Å². The highest BCUT2D eigenvalue weighted by Gasteiger charge is 2.19. The third-order valence-corrected chi connectivity index (χ3v) is 4.39. The van der Waals surface area contributed by atoms with Crippen molar-refractivity contribution in [3.8, 4) is 0 Å². The molecule has 0 bridgehead atoms. The van der Waals surface area contributed by atoms with Crippen LogP contribution in [0.3, 0.4) is 0 Å². The van der Waals surface area contributed by atoms with Crippen LogP contribution in [-0.2, 0) is 12.0 Å². The lowest BCUT2D eigenvalue weighted by Crippen LogP contribution is -2.11. The van der Waals surface area contributed by atoms with E-state index in [-0.39, 0.29) is 5.41 Å². The first-order chi connectivity index (χ1) is 9.93. The van der Waals surface area contributed by atoms with Gasteiger partial charge in [-0.05, 0) is 25.1 Å². The van der Waals surface area contributed by atoms with Gasteiger partial charge < -0.3 is 5.32 Å². The molecular weight excluding hydrogens is 280 g/mol. The summed E-state index contributed by atoms with van der Waals surface area (Å²) in [6, 6.07) is 6.42. The number of aryl methyl sites for hydroxylation is 1. The van der Waals surface area contributed by atoms with Gasteiger partial charge in [-0.3, -0.25) is 0 Å². The van der Waals surface area contributed by atoms with Crippen LogP contribution < -0.4 is 5.32 Å². The fourth-order valence-electron chi connectivity index (χ4n) is 2.18. The summed E-state index contributed by atoms with van der Waals surface area (Å²) in [6.45, 7) is 9.43. The van der Waals surface area contributed by atoms with E-state index in [1.54, 1.807) is 6.20 Å². The second-order valence-corrected chi connectivity index (χ2v) is 7.62. The molecule has 0 amide bonds. The van der Waals surface area contributed by atoms with Crippen molar-refractivity contribution in [2.75, 3.05) is 5.32 Å². The number of hydrogen-bond acceptors (Lipinski definition) is 4. The second kappa shape index (κ2) is 5.15. The van der Waals surface area contributed by atoms with E-state index in [1.165, 1.54) is 9.75 Å². The Kier molecular flexibility index (Phi) is 3.45. The molecule has 0 radical (unpaired) electrons. The van der Waals surface area contributed by atoms with E-state index in [0.717, 1.165) is 23.6 Å². The molecule has 0 fully saturated rings. The van der Waals surface area contributed by atoms with Crippen molar-refractivity contribution in [2.24, 2.45) is 0 Å². The third kappa shape index (κ3) is 2.93. The number of anilines is 1. The highest BCUT2D eigenvalue weighted by atomic mass is 32.1. The van der Waals surface area contributed by atoms with Crippen LogP contribution in [0.15, 0.2) is 30.6 Å². The molecular formula is C16H20N4S. The molecule has 0 spiro atoms. The molecule has 3 heterocycles. The molecule has 0 saturated heterocycles. The topological polar surface area (TPSA) is 42.2 Å². The molecule has 3 rings (SSSR count). The summed E-state index contributed by atoms with van der Waals surface area (Å²) >= 11 is 1.81. The monoisotopic (exact) mass is 300 g/mol. The third-order valence-electron chi connectivity index (χ3n) is 3.38. The van der Waals surface area contributed by atoms with Gasteiger partial charge in [0.05, 0.1) is 12.2 Å². The van der Waals surface area contributed by atoms with Gasteiger partial charge in [0.25, 0.3) is 0 Å². The van der Waals surface area contributed by atoms with Gasteiger partial charge in [-0.2, -0.15) is 5.10 Å². The lowest BCUT2D eigenvalue weighted by Gasteiger charge is -2.13. The average molecular weight is 300 g/mol. The first-order valence-corrected chi connectivity index (χ1v) is 7.89. The highest BCUT2D eigenvalue weighted by molar-refractivity contribution is 7.11. The Bertz CT molecular complexity index is 764. The van der Waals surface area contributed by atoms with Gasteiger partial charge in [0, 0.05) is 27.6 Å². The van der Waals surface area contributed by atoms with E-state index < -0.39 is 0 Å². The predicted molar refractivity (Wildman–Crippen MR) is 88.1 cm³/mol. The number of thiophene rings is 1. The SMILES string of the molecule is Cc1ccc(CNc2nccn3nc(C(C)(C)C)cc23)s1. The minimum atomic E-state index is 0.0359. The van der Waals surface area contributed by atoms with Crippen LogP contribution in [0.2, 0.25) is 0 Å². The van der Waals surface area contributed by atoms with Crippen molar-refractivity contribution in [1.82, 2.24) is 14.6 Å². The first-order valence-electron chi connectivity index (χ1n) is 7.07. The fraction of sp³-hybridized carbons (Fsp3) is 0.375. The standard InChI is InChI=1S/C16H20N4S/c1-11-5-6-12(21-11)10-18-15-13-9-14(16(2,3)4)19-20(13)8-7-17-15/h5-9H,10H2,1-4H3,(H,17,18). The molecule has 5 heteroatoms. The Hall–Kier alpha value is -1.88. The minimum Gasteiger partial charge on any atom is -0.363 e. The summed E-state index contributed by atoms with van der Waals surface area (Å²) in [5, 5.41) is 8.06. The molecule has 4 nitrogen and oxygen atoms in total. The van der Waals surface area contributed by atoms with Crippen molar-refractivity contribution >= 4 is 22.7 Å². The number of nitrogens with zero attached hydrogens (tertiary/aromatic N) is 3. The van der Waals surface area contributed by atoms with Crippen molar-refractivity contribution < 1.29 is 0 Å². The van der Waals surface area contributed by atoms with E-state index in [4.69, 9.17) is 0 Å². The summed E-state index contributed by atoms with van der Waals surface area (Å²) < 4.78 is 1.90. The Morgan fingerprint density at radius 1 is 1.29 bits per heavy atom. The molecule has 0 saturated carbocycles.